The third-order valence-electron chi connectivity index (χ3n) is 3.91. The quantitative estimate of drug-likeness (QED) is 0.785. The van der Waals surface area contributed by atoms with E-state index in [1.54, 1.807) is 0 Å². The Morgan fingerprint density at radius 2 is 1.95 bits per heavy atom. The van der Waals surface area contributed by atoms with Gasteiger partial charge < -0.3 is 5.32 Å². The highest BCUT2D eigenvalue weighted by molar-refractivity contribution is 5.12. The summed E-state index contributed by atoms with van der Waals surface area (Å²) in [6.07, 6.45) is 3.16. The van der Waals surface area contributed by atoms with Crippen LogP contribution in [0.25, 0.3) is 0 Å². The van der Waals surface area contributed by atoms with Crippen molar-refractivity contribution in [2.24, 2.45) is 7.05 Å². The summed E-state index contributed by atoms with van der Waals surface area (Å²) in [7, 11) is 1.98. The molecule has 1 aromatic heterocycles. The second-order valence-electron chi connectivity index (χ2n) is 5.63. The van der Waals surface area contributed by atoms with Gasteiger partial charge in [0.25, 0.3) is 0 Å². The molecule has 0 aliphatic carbocycles. The molecule has 1 aromatic rings. The van der Waals surface area contributed by atoms with E-state index in [2.05, 4.69) is 56.0 Å². The predicted octanol–water partition coefficient (Wildman–Crippen LogP) is 2.58. The zero-order valence-electron chi connectivity index (χ0n) is 13.4. The lowest BCUT2D eigenvalue weighted by atomic mass is 9.89. The first-order valence-corrected chi connectivity index (χ1v) is 7.45. The van der Waals surface area contributed by atoms with Crippen molar-refractivity contribution >= 4 is 0 Å². The van der Waals surface area contributed by atoms with Gasteiger partial charge >= 0.3 is 0 Å². The molecule has 0 radical (unpaired) electrons. The van der Waals surface area contributed by atoms with E-state index in [0.29, 0.717) is 0 Å². The van der Waals surface area contributed by atoms with Gasteiger partial charge in [-0.2, -0.15) is 5.10 Å². The summed E-state index contributed by atoms with van der Waals surface area (Å²) in [5, 5.41) is 8.28. The first-order chi connectivity index (χ1) is 8.97. The van der Waals surface area contributed by atoms with E-state index < -0.39 is 0 Å². The van der Waals surface area contributed by atoms with Gasteiger partial charge in [-0.1, -0.05) is 20.8 Å². The van der Waals surface area contributed by atoms with Crippen LogP contribution in [0, 0.1) is 0 Å². The average Bonchev–Trinajstić information content (AvgIpc) is 2.77. The van der Waals surface area contributed by atoms with E-state index in [1.807, 2.05) is 17.9 Å². The molecule has 0 bridgehead atoms. The first-order valence-electron chi connectivity index (χ1n) is 7.45. The third kappa shape index (κ3) is 3.80. The molecule has 0 aliphatic rings. The lowest BCUT2D eigenvalue weighted by Crippen LogP contribution is -2.52. The molecule has 1 unspecified atom stereocenters. The molecule has 0 spiro atoms. The normalized spacial score (nSPS) is 14.1. The van der Waals surface area contributed by atoms with E-state index >= 15 is 0 Å². The summed E-state index contributed by atoms with van der Waals surface area (Å²) >= 11 is 0. The van der Waals surface area contributed by atoms with Crippen LogP contribution < -0.4 is 5.32 Å². The summed E-state index contributed by atoms with van der Waals surface area (Å²) in [5.41, 5.74) is 1.18. The Labute approximate surface area is 118 Å². The molecule has 0 amide bonds. The second kappa shape index (κ2) is 7.06. The molecule has 4 heteroatoms. The molecular formula is C15H30N4. The molecule has 1 rings (SSSR count). The minimum Gasteiger partial charge on any atom is -0.307 e. The van der Waals surface area contributed by atoms with Gasteiger partial charge in [0.05, 0.1) is 11.7 Å². The summed E-state index contributed by atoms with van der Waals surface area (Å²) in [6.45, 7) is 14.4. The second-order valence-corrected chi connectivity index (χ2v) is 5.63. The number of nitrogens with zero attached hydrogens (tertiary/aromatic N) is 3. The largest absolute Gasteiger partial charge is 0.307 e. The summed E-state index contributed by atoms with van der Waals surface area (Å²) < 4.78 is 1.88. The summed E-state index contributed by atoms with van der Waals surface area (Å²) in [5.74, 6) is 0. The van der Waals surface area contributed by atoms with Crippen LogP contribution >= 0.6 is 0 Å². The lowest BCUT2D eigenvalue weighted by Gasteiger charge is -2.43. The molecule has 19 heavy (non-hydrogen) atoms. The molecule has 1 heterocycles. The minimum absolute atomic E-state index is 0.0486. The topological polar surface area (TPSA) is 33.1 Å². The third-order valence-corrected chi connectivity index (χ3v) is 3.91. The Balaban J connectivity index is 3.01. The van der Waals surface area contributed by atoms with Gasteiger partial charge in [-0.3, -0.25) is 9.58 Å². The van der Waals surface area contributed by atoms with Crippen molar-refractivity contribution in [1.29, 1.82) is 0 Å². The monoisotopic (exact) mass is 266 g/mol. The SMILES string of the molecule is CCCNC(c1ccn(C)n1)C(C)(C)N(CC)CC. The number of aromatic nitrogens is 2. The fourth-order valence-corrected chi connectivity index (χ4v) is 2.81. The van der Waals surface area contributed by atoms with E-state index in [9.17, 15) is 0 Å². The molecule has 110 valence electrons. The molecule has 0 aliphatic heterocycles. The number of rotatable bonds is 8. The number of hydrogen-bond acceptors (Lipinski definition) is 3. The molecular weight excluding hydrogens is 236 g/mol. The highest BCUT2D eigenvalue weighted by Crippen LogP contribution is 2.30. The zero-order chi connectivity index (χ0) is 14.5. The lowest BCUT2D eigenvalue weighted by molar-refractivity contribution is 0.0893. The molecule has 4 nitrogen and oxygen atoms in total. The zero-order valence-corrected chi connectivity index (χ0v) is 13.4. The number of nitrogens with one attached hydrogen (secondary N) is 1. The highest BCUT2D eigenvalue weighted by atomic mass is 15.3. The van der Waals surface area contributed by atoms with Crippen LogP contribution in [-0.4, -0.2) is 39.9 Å². The van der Waals surface area contributed by atoms with Crippen molar-refractivity contribution in [3.63, 3.8) is 0 Å². The van der Waals surface area contributed by atoms with Gasteiger partial charge in [0.1, 0.15) is 0 Å². The van der Waals surface area contributed by atoms with Crippen LogP contribution in [-0.2, 0) is 7.05 Å². The van der Waals surface area contributed by atoms with Gasteiger partial charge in [0, 0.05) is 18.8 Å². The maximum absolute atomic E-state index is 4.61. The molecule has 0 saturated heterocycles. The van der Waals surface area contributed by atoms with Crippen LogP contribution in [0.1, 0.15) is 52.8 Å². The minimum atomic E-state index is 0.0486. The molecule has 0 saturated carbocycles. The molecule has 1 N–H and O–H groups in total. The van der Waals surface area contributed by atoms with Crippen LogP contribution in [0.5, 0.6) is 0 Å². The molecule has 0 fully saturated rings. The van der Waals surface area contributed by atoms with Crippen molar-refractivity contribution in [3.8, 4) is 0 Å². The van der Waals surface area contributed by atoms with Gasteiger partial charge in [-0.25, -0.2) is 0 Å². The predicted molar refractivity (Wildman–Crippen MR) is 81.2 cm³/mol. The van der Waals surface area contributed by atoms with Crippen molar-refractivity contribution < 1.29 is 0 Å². The Morgan fingerprint density at radius 3 is 2.37 bits per heavy atom. The highest BCUT2D eigenvalue weighted by Gasteiger charge is 2.35. The van der Waals surface area contributed by atoms with E-state index in [-0.39, 0.29) is 11.6 Å². The Hall–Kier alpha value is -0.870. The van der Waals surface area contributed by atoms with Crippen LogP contribution in [0.15, 0.2) is 12.3 Å². The average molecular weight is 266 g/mol. The maximum Gasteiger partial charge on any atom is 0.0812 e. The Morgan fingerprint density at radius 1 is 1.32 bits per heavy atom. The number of likely N-dealkylation sites (N-methyl/N-ethyl adjacent to an activating group) is 1. The summed E-state index contributed by atoms with van der Waals surface area (Å²) in [4.78, 5) is 2.50. The fourth-order valence-electron chi connectivity index (χ4n) is 2.81. The fraction of sp³-hybridized carbons (Fsp3) is 0.800. The summed E-state index contributed by atoms with van der Waals surface area (Å²) in [6, 6.07) is 2.38. The van der Waals surface area contributed by atoms with Crippen LogP contribution in [0.2, 0.25) is 0 Å². The van der Waals surface area contributed by atoms with Crippen molar-refractivity contribution in [2.75, 3.05) is 19.6 Å². The van der Waals surface area contributed by atoms with Crippen LogP contribution in [0.4, 0.5) is 0 Å². The van der Waals surface area contributed by atoms with Crippen molar-refractivity contribution in [3.05, 3.63) is 18.0 Å². The van der Waals surface area contributed by atoms with Gasteiger partial charge in [-0.05, 0) is 46.0 Å². The van der Waals surface area contributed by atoms with Crippen molar-refractivity contribution in [1.82, 2.24) is 20.0 Å². The first kappa shape index (κ1) is 16.2. The van der Waals surface area contributed by atoms with Crippen molar-refractivity contribution in [2.45, 2.75) is 52.6 Å². The molecule has 1 atom stereocenters. The van der Waals surface area contributed by atoms with Gasteiger partial charge in [0.15, 0.2) is 0 Å². The van der Waals surface area contributed by atoms with Gasteiger partial charge in [0.2, 0.25) is 0 Å². The Bertz CT molecular complexity index is 366. The van der Waals surface area contributed by atoms with E-state index in [1.165, 1.54) is 0 Å². The van der Waals surface area contributed by atoms with Gasteiger partial charge in [-0.15, -0.1) is 0 Å². The Kier molecular flexibility index (Phi) is 6.01. The van der Waals surface area contributed by atoms with E-state index in [0.717, 1.165) is 31.7 Å². The standard InChI is InChI=1S/C15H30N4/c1-7-11-16-14(13-10-12-18(6)17-13)15(4,5)19(8-2)9-3/h10,12,14,16H,7-9,11H2,1-6H3. The van der Waals surface area contributed by atoms with E-state index in [4.69, 9.17) is 0 Å². The van der Waals surface area contributed by atoms with Crippen LogP contribution in [0.3, 0.4) is 0 Å². The number of aryl methyl sites for hydroxylation is 1. The number of hydrogen-bond donors (Lipinski definition) is 1. The molecule has 0 aromatic carbocycles. The smallest absolute Gasteiger partial charge is 0.0812 e. The maximum atomic E-state index is 4.61.